The van der Waals surface area contributed by atoms with Crippen LogP contribution in [-0.2, 0) is 0 Å². The van der Waals surface area contributed by atoms with Crippen LogP contribution in [0.15, 0.2) is 11.6 Å². The summed E-state index contributed by atoms with van der Waals surface area (Å²) in [4.78, 5) is 15.2. The van der Waals surface area contributed by atoms with Gasteiger partial charge in [-0.1, -0.05) is 18.3 Å². The van der Waals surface area contributed by atoms with Gasteiger partial charge in [-0.15, -0.1) is 0 Å². The molecule has 2 N–H and O–H groups in total. The second-order valence-electron chi connectivity index (χ2n) is 3.77. The minimum atomic E-state index is -0.460. The number of nitro groups is 1. The normalized spacial score (nSPS) is 12.8. The van der Waals surface area contributed by atoms with Gasteiger partial charge in [0.1, 0.15) is 6.20 Å². The third kappa shape index (κ3) is 2.22. The summed E-state index contributed by atoms with van der Waals surface area (Å²) in [5, 5.41) is 24.5. The molecule has 1 unspecified atom stereocenters. The topological polar surface area (TPSA) is 92.7 Å². The van der Waals surface area contributed by atoms with E-state index in [4.69, 9.17) is 5.11 Å². The van der Waals surface area contributed by atoms with Gasteiger partial charge in [0.05, 0.1) is 0 Å². The smallest absolute Gasteiger partial charge is 0.372 e. The summed E-state index contributed by atoms with van der Waals surface area (Å²) in [6, 6.07) is 0. The molecule has 0 aliphatic carbocycles. The Morgan fingerprint density at radius 3 is 3.18 bits per heavy atom. The summed E-state index contributed by atoms with van der Waals surface area (Å²) in [5.41, 5.74) is 0. The molecule has 92 valence electrons. The van der Waals surface area contributed by atoms with Crippen LogP contribution in [0.3, 0.4) is 0 Å². The Balaban J connectivity index is 2.29. The van der Waals surface area contributed by atoms with Gasteiger partial charge < -0.3 is 20.5 Å². The first-order valence-corrected chi connectivity index (χ1v) is 5.96. The van der Waals surface area contributed by atoms with Crippen molar-refractivity contribution in [3.63, 3.8) is 0 Å². The first-order chi connectivity index (χ1) is 8.13. The molecule has 17 heavy (non-hydrogen) atoms. The number of nitrogens with zero attached hydrogens (tertiary/aromatic N) is 3. The highest BCUT2D eigenvalue weighted by molar-refractivity contribution is 7.15. The molecule has 2 rings (SSSR count). The van der Waals surface area contributed by atoms with E-state index >= 15 is 0 Å². The summed E-state index contributed by atoms with van der Waals surface area (Å²) in [7, 11) is 0. The van der Waals surface area contributed by atoms with Crippen LogP contribution in [0.2, 0.25) is 0 Å². The Labute approximate surface area is 101 Å². The van der Waals surface area contributed by atoms with Crippen LogP contribution in [-0.4, -0.2) is 32.6 Å². The Bertz CT molecular complexity index is 535. The maximum Gasteiger partial charge on any atom is 0.372 e. The van der Waals surface area contributed by atoms with Crippen molar-refractivity contribution in [2.75, 3.05) is 18.5 Å². The van der Waals surface area contributed by atoms with Crippen LogP contribution < -0.4 is 5.32 Å². The zero-order chi connectivity index (χ0) is 12.4. The average molecular weight is 256 g/mol. The molecule has 0 amide bonds. The molecule has 2 aromatic rings. The number of fused-ring (bicyclic) bond motifs is 1. The van der Waals surface area contributed by atoms with Crippen LogP contribution in [0.4, 0.5) is 11.6 Å². The van der Waals surface area contributed by atoms with Crippen LogP contribution in [0, 0.1) is 16.0 Å². The van der Waals surface area contributed by atoms with Crippen molar-refractivity contribution >= 4 is 27.9 Å². The zero-order valence-electron chi connectivity index (χ0n) is 9.16. The number of hydrogen-bond donors (Lipinski definition) is 2. The van der Waals surface area contributed by atoms with E-state index in [0.717, 1.165) is 0 Å². The van der Waals surface area contributed by atoms with Crippen molar-refractivity contribution in [2.24, 2.45) is 5.92 Å². The minimum Gasteiger partial charge on any atom is -0.396 e. The second-order valence-corrected chi connectivity index (χ2v) is 4.64. The van der Waals surface area contributed by atoms with Crippen molar-refractivity contribution in [2.45, 2.75) is 6.92 Å². The molecular weight excluding hydrogens is 244 g/mol. The van der Waals surface area contributed by atoms with Crippen molar-refractivity contribution in [3.05, 3.63) is 21.7 Å². The first kappa shape index (κ1) is 11.8. The van der Waals surface area contributed by atoms with Crippen molar-refractivity contribution < 1.29 is 10.0 Å². The van der Waals surface area contributed by atoms with Gasteiger partial charge in [-0.25, -0.2) is 0 Å². The summed E-state index contributed by atoms with van der Waals surface area (Å²) in [6.45, 7) is 2.32. The molecule has 0 saturated carbocycles. The van der Waals surface area contributed by atoms with Crippen molar-refractivity contribution in [3.8, 4) is 0 Å². The van der Waals surface area contributed by atoms with Gasteiger partial charge in [-0.05, 0) is 10.8 Å². The Morgan fingerprint density at radius 2 is 2.53 bits per heavy atom. The molecule has 0 aromatic carbocycles. The maximum atomic E-state index is 11.0. The van der Waals surface area contributed by atoms with Gasteiger partial charge >= 0.3 is 5.82 Å². The fraction of sp³-hybridized carbons (Fsp3) is 0.444. The monoisotopic (exact) mass is 256 g/mol. The van der Waals surface area contributed by atoms with Gasteiger partial charge in [0.2, 0.25) is 5.82 Å². The van der Waals surface area contributed by atoms with E-state index in [1.807, 2.05) is 6.92 Å². The average Bonchev–Trinajstić information content (AvgIpc) is 2.84. The number of anilines is 1. The number of aliphatic hydroxyl groups is 1. The Kier molecular flexibility index (Phi) is 3.25. The number of nitrogens with one attached hydrogen (secondary N) is 1. The van der Waals surface area contributed by atoms with Crippen molar-refractivity contribution in [1.82, 2.24) is 9.38 Å². The molecule has 2 aromatic heterocycles. The molecule has 8 heteroatoms. The number of rotatable bonds is 5. The molecule has 0 radical (unpaired) electrons. The lowest BCUT2D eigenvalue weighted by Crippen LogP contribution is -2.15. The molecule has 0 aliphatic rings. The Morgan fingerprint density at radius 1 is 1.76 bits per heavy atom. The second kappa shape index (κ2) is 4.68. The number of imidazole rings is 1. The summed E-state index contributed by atoms with van der Waals surface area (Å²) < 4.78 is 1.44. The quantitative estimate of drug-likeness (QED) is 0.622. The Hall–Kier alpha value is -1.67. The zero-order valence-corrected chi connectivity index (χ0v) is 9.98. The van der Waals surface area contributed by atoms with E-state index in [-0.39, 0.29) is 24.2 Å². The summed E-state index contributed by atoms with van der Waals surface area (Å²) >= 11 is 1.34. The number of hydrogen-bond acceptors (Lipinski definition) is 6. The molecule has 0 bridgehead atoms. The van der Waals surface area contributed by atoms with E-state index in [0.29, 0.717) is 11.5 Å². The molecule has 0 aliphatic heterocycles. The molecule has 2 heterocycles. The van der Waals surface area contributed by atoms with Gasteiger partial charge in [0.15, 0.2) is 0 Å². The fourth-order valence-corrected chi connectivity index (χ4v) is 2.11. The highest BCUT2D eigenvalue weighted by atomic mass is 32.1. The molecule has 0 spiro atoms. The number of aromatic nitrogens is 2. The van der Waals surface area contributed by atoms with E-state index in [2.05, 4.69) is 10.3 Å². The lowest BCUT2D eigenvalue weighted by Gasteiger charge is -2.07. The molecule has 0 fully saturated rings. The lowest BCUT2D eigenvalue weighted by atomic mass is 10.2. The van der Waals surface area contributed by atoms with Crippen LogP contribution in [0.25, 0.3) is 4.96 Å². The summed E-state index contributed by atoms with van der Waals surface area (Å²) in [5.74, 6) is 0.211. The molecule has 1 atom stereocenters. The largest absolute Gasteiger partial charge is 0.396 e. The highest BCUT2D eigenvalue weighted by Gasteiger charge is 2.23. The molecule has 0 saturated heterocycles. The molecule has 7 nitrogen and oxygen atoms in total. The fourth-order valence-electron chi connectivity index (χ4n) is 1.40. The predicted molar refractivity (Wildman–Crippen MR) is 64.5 cm³/mol. The number of aliphatic hydroxyl groups excluding tert-OH is 1. The highest BCUT2D eigenvalue weighted by Crippen LogP contribution is 2.27. The SMILES string of the molecule is CC(CO)CNc1nc2sccn2c1[N+](=O)[O-]. The minimum absolute atomic E-state index is 0.0225. The van der Waals surface area contributed by atoms with Crippen LogP contribution in [0.1, 0.15) is 6.92 Å². The van der Waals surface area contributed by atoms with E-state index < -0.39 is 4.92 Å². The first-order valence-electron chi connectivity index (χ1n) is 5.08. The standard InChI is InChI=1S/C9H12N4O3S/c1-6(5-14)4-10-7-8(13(15)16)12-2-3-17-9(12)11-7/h2-3,6,10,14H,4-5H2,1H3. The summed E-state index contributed by atoms with van der Waals surface area (Å²) in [6.07, 6.45) is 1.62. The van der Waals surface area contributed by atoms with E-state index in [9.17, 15) is 10.1 Å². The van der Waals surface area contributed by atoms with Gasteiger partial charge in [0.25, 0.3) is 4.96 Å². The van der Waals surface area contributed by atoms with Gasteiger partial charge in [0, 0.05) is 18.5 Å². The van der Waals surface area contributed by atoms with E-state index in [1.165, 1.54) is 15.7 Å². The third-order valence-corrected chi connectivity index (χ3v) is 3.10. The lowest BCUT2D eigenvalue weighted by molar-refractivity contribution is -0.389. The van der Waals surface area contributed by atoms with Crippen LogP contribution in [0.5, 0.6) is 0 Å². The predicted octanol–water partition coefficient (Wildman–Crippen LogP) is 1.34. The maximum absolute atomic E-state index is 11.0. The molecular formula is C9H12N4O3S. The van der Waals surface area contributed by atoms with Gasteiger partial charge in [-0.2, -0.15) is 9.38 Å². The number of thiazole rings is 1. The van der Waals surface area contributed by atoms with Gasteiger partial charge in [-0.3, -0.25) is 0 Å². The third-order valence-electron chi connectivity index (χ3n) is 2.34. The van der Waals surface area contributed by atoms with Crippen LogP contribution >= 0.6 is 11.3 Å². The van der Waals surface area contributed by atoms with E-state index in [1.54, 1.807) is 11.6 Å². The van der Waals surface area contributed by atoms with Crippen molar-refractivity contribution in [1.29, 1.82) is 0 Å².